The molecule has 1 N–H and O–H groups in total. The Kier molecular flexibility index (Phi) is 4.94. The van der Waals surface area contributed by atoms with Crippen molar-refractivity contribution in [2.75, 3.05) is 6.54 Å². The number of hydrogen-bond acceptors (Lipinski definition) is 1. The van der Waals surface area contributed by atoms with Gasteiger partial charge in [0.2, 0.25) is 0 Å². The Balaban J connectivity index is 1.84. The van der Waals surface area contributed by atoms with E-state index in [-0.39, 0.29) is 11.9 Å². The highest BCUT2D eigenvalue weighted by Crippen LogP contribution is 2.17. The highest BCUT2D eigenvalue weighted by atomic mass is 35.5. The van der Waals surface area contributed by atoms with Crippen molar-refractivity contribution < 1.29 is 4.39 Å². The molecule has 0 amide bonds. The Morgan fingerprint density at radius 3 is 2.58 bits per heavy atom. The molecule has 1 nitrogen and oxygen atoms in total. The third kappa shape index (κ3) is 4.34. The monoisotopic (exact) mass is 277 g/mol. The van der Waals surface area contributed by atoms with E-state index in [0.717, 1.165) is 23.6 Å². The van der Waals surface area contributed by atoms with E-state index in [2.05, 4.69) is 18.3 Å². The van der Waals surface area contributed by atoms with E-state index in [1.165, 1.54) is 17.7 Å². The summed E-state index contributed by atoms with van der Waals surface area (Å²) in [5, 5.41) is 4.19. The van der Waals surface area contributed by atoms with Gasteiger partial charge in [-0.3, -0.25) is 0 Å². The van der Waals surface area contributed by atoms with Crippen LogP contribution in [-0.2, 0) is 6.42 Å². The molecule has 19 heavy (non-hydrogen) atoms. The lowest BCUT2D eigenvalue weighted by atomic mass is 10.1. The van der Waals surface area contributed by atoms with Crippen LogP contribution < -0.4 is 5.32 Å². The summed E-state index contributed by atoms with van der Waals surface area (Å²) < 4.78 is 12.8. The molecular weight excluding hydrogens is 261 g/mol. The first-order valence-electron chi connectivity index (χ1n) is 6.38. The van der Waals surface area contributed by atoms with Crippen molar-refractivity contribution in [3.63, 3.8) is 0 Å². The van der Waals surface area contributed by atoms with Crippen LogP contribution in [0, 0.1) is 5.82 Å². The first kappa shape index (κ1) is 14.0. The van der Waals surface area contributed by atoms with Gasteiger partial charge in [0, 0.05) is 11.1 Å². The summed E-state index contributed by atoms with van der Waals surface area (Å²) in [4.78, 5) is 0. The molecule has 2 aromatic carbocycles. The van der Waals surface area contributed by atoms with E-state index in [9.17, 15) is 4.39 Å². The van der Waals surface area contributed by atoms with Crippen LogP contribution in [0.25, 0.3) is 0 Å². The van der Waals surface area contributed by atoms with Crippen molar-refractivity contribution in [3.05, 3.63) is 70.5 Å². The van der Waals surface area contributed by atoms with E-state index in [1.54, 1.807) is 0 Å². The van der Waals surface area contributed by atoms with Gasteiger partial charge in [0.05, 0.1) is 0 Å². The minimum Gasteiger partial charge on any atom is -0.310 e. The van der Waals surface area contributed by atoms with Gasteiger partial charge >= 0.3 is 0 Å². The number of hydrogen-bond donors (Lipinski definition) is 1. The van der Waals surface area contributed by atoms with E-state index in [0.29, 0.717) is 0 Å². The minimum atomic E-state index is -0.191. The van der Waals surface area contributed by atoms with Crippen molar-refractivity contribution in [2.45, 2.75) is 19.4 Å². The Morgan fingerprint density at radius 2 is 1.89 bits per heavy atom. The zero-order chi connectivity index (χ0) is 13.7. The fourth-order valence-corrected chi connectivity index (χ4v) is 2.18. The van der Waals surface area contributed by atoms with E-state index >= 15 is 0 Å². The van der Waals surface area contributed by atoms with E-state index in [4.69, 9.17) is 11.6 Å². The Bertz CT molecular complexity index is 525. The van der Waals surface area contributed by atoms with Gasteiger partial charge in [-0.1, -0.05) is 35.9 Å². The Morgan fingerprint density at radius 1 is 1.16 bits per heavy atom. The molecule has 0 aliphatic carbocycles. The molecule has 100 valence electrons. The molecule has 2 rings (SSSR count). The lowest BCUT2D eigenvalue weighted by Gasteiger charge is -2.14. The third-order valence-corrected chi connectivity index (χ3v) is 3.36. The summed E-state index contributed by atoms with van der Waals surface area (Å²) >= 11 is 5.97. The minimum absolute atomic E-state index is 0.191. The normalized spacial score (nSPS) is 12.4. The van der Waals surface area contributed by atoms with Crippen LogP contribution in [0.1, 0.15) is 24.1 Å². The van der Waals surface area contributed by atoms with Gasteiger partial charge in [-0.25, -0.2) is 4.39 Å². The van der Waals surface area contributed by atoms with Gasteiger partial charge in [0.25, 0.3) is 0 Å². The van der Waals surface area contributed by atoms with Crippen LogP contribution in [0.4, 0.5) is 4.39 Å². The maximum atomic E-state index is 12.8. The van der Waals surface area contributed by atoms with Crippen LogP contribution in [-0.4, -0.2) is 6.54 Å². The lowest BCUT2D eigenvalue weighted by Crippen LogP contribution is -2.21. The molecule has 0 spiro atoms. The second-order valence-electron chi connectivity index (χ2n) is 4.61. The van der Waals surface area contributed by atoms with Crippen molar-refractivity contribution in [3.8, 4) is 0 Å². The fourth-order valence-electron chi connectivity index (χ4n) is 1.98. The Hall–Kier alpha value is -1.38. The smallest absolute Gasteiger partial charge is 0.123 e. The molecule has 0 aliphatic heterocycles. The second kappa shape index (κ2) is 6.69. The molecule has 0 fully saturated rings. The van der Waals surface area contributed by atoms with Gasteiger partial charge in [-0.05, 0) is 55.3 Å². The summed E-state index contributed by atoms with van der Waals surface area (Å²) in [6, 6.07) is 14.7. The van der Waals surface area contributed by atoms with E-state index < -0.39 is 0 Å². The molecule has 1 unspecified atom stereocenters. The first-order valence-corrected chi connectivity index (χ1v) is 6.76. The number of halogens is 2. The molecule has 0 saturated heterocycles. The number of rotatable bonds is 5. The molecule has 0 aliphatic rings. The summed E-state index contributed by atoms with van der Waals surface area (Å²) in [6.45, 7) is 2.95. The zero-order valence-corrected chi connectivity index (χ0v) is 11.6. The van der Waals surface area contributed by atoms with Crippen molar-refractivity contribution in [1.82, 2.24) is 5.32 Å². The molecule has 2 aromatic rings. The molecule has 0 bridgehead atoms. The standard InChI is InChI=1S/C16H17ClFN/c1-12(14-3-2-4-15(17)11-14)19-10-9-13-5-7-16(18)8-6-13/h2-8,11-12,19H,9-10H2,1H3. The van der Waals surface area contributed by atoms with Crippen LogP contribution >= 0.6 is 11.6 Å². The highest BCUT2D eigenvalue weighted by Gasteiger charge is 2.04. The maximum absolute atomic E-state index is 12.8. The first-order chi connectivity index (χ1) is 9.15. The second-order valence-corrected chi connectivity index (χ2v) is 5.04. The van der Waals surface area contributed by atoms with Gasteiger partial charge in [-0.15, -0.1) is 0 Å². The molecule has 0 radical (unpaired) electrons. The highest BCUT2D eigenvalue weighted by molar-refractivity contribution is 6.30. The molecular formula is C16H17ClFN. The quantitative estimate of drug-likeness (QED) is 0.856. The SMILES string of the molecule is CC(NCCc1ccc(F)cc1)c1cccc(Cl)c1. The van der Waals surface area contributed by atoms with Crippen LogP contribution in [0.3, 0.4) is 0 Å². The van der Waals surface area contributed by atoms with Crippen molar-refractivity contribution in [1.29, 1.82) is 0 Å². The molecule has 0 heterocycles. The van der Waals surface area contributed by atoms with Gasteiger partial charge < -0.3 is 5.32 Å². The van der Waals surface area contributed by atoms with Gasteiger partial charge in [0.1, 0.15) is 5.82 Å². The zero-order valence-electron chi connectivity index (χ0n) is 10.9. The van der Waals surface area contributed by atoms with E-state index in [1.807, 2.05) is 30.3 Å². The molecule has 0 aromatic heterocycles. The third-order valence-electron chi connectivity index (χ3n) is 3.13. The maximum Gasteiger partial charge on any atom is 0.123 e. The predicted octanol–water partition coefficient (Wildman–Crippen LogP) is 4.37. The summed E-state index contributed by atoms with van der Waals surface area (Å²) in [5.41, 5.74) is 2.30. The van der Waals surface area contributed by atoms with Gasteiger partial charge in [0.15, 0.2) is 0 Å². The van der Waals surface area contributed by atoms with Crippen LogP contribution in [0.5, 0.6) is 0 Å². The molecule has 3 heteroatoms. The summed E-state index contributed by atoms with van der Waals surface area (Å²) in [5.74, 6) is -0.191. The summed E-state index contributed by atoms with van der Waals surface area (Å²) in [7, 11) is 0. The average molecular weight is 278 g/mol. The predicted molar refractivity (Wildman–Crippen MR) is 78.0 cm³/mol. The van der Waals surface area contributed by atoms with Crippen molar-refractivity contribution >= 4 is 11.6 Å². The van der Waals surface area contributed by atoms with Crippen molar-refractivity contribution in [2.24, 2.45) is 0 Å². The average Bonchev–Trinajstić information content (AvgIpc) is 2.41. The number of benzene rings is 2. The fraction of sp³-hybridized carbons (Fsp3) is 0.250. The Labute approximate surface area is 118 Å². The largest absolute Gasteiger partial charge is 0.310 e. The topological polar surface area (TPSA) is 12.0 Å². The molecule has 1 atom stereocenters. The van der Waals surface area contributed by atoms with Gasteiger partial charge in [-0.2, -0.15) is 0 Å². The summed E-state index contributed by atoms with van der Waals surface area (Å²) in [6.07, 6.45) is 0.880. The lowest BCUT2D eigenvalue weighted by molar-refractivity contribution is 0.576. The number of nitrogens with one attached hydrogen (secondary N) is 1. The van der Waals surface area contributed by atoms with Crippen LogP contribution in [0.15, 0.2) is 48.5 Å². The molecule has 0 saturated carbocycles. The van der Waals surface area contributed by atoms with Crippen LogP contribution in [0.2, 0.25) is 5.02 Å².